The summed E-state index contributed by atoms with van der Waals surface area (Å²) in [7, 11) is 1.74. The van der Waals surface area contributed by atoms with E-state index in [2.05, 4.69) is 52.8 Å². The van der Waals surface area contributed by atoms with Gasteiger partial charge < -0.3 is 4.74 Å². The van der Waals surface area contributed by atoms with Gasteiger partial charge in [0.15, 0.2) is 0 Å². The molecule has 1 nitrogen and oxygen atoms in total. The summed E-state index contributed by atoms with van der Waals surface area (Å²) in [5.74, 6) is 1.66. The van der Waals surface area contributed by atoms with Crippen LogP contribution in [-0.4, -0.2) is 7.11 Å². The van der Waals surface area contributed by atoms with Gasteiger partial charge in [-0.25, -0.2) is 0 Å². The van der Waals surface area contributed by atoms with E-state index in [4.69, 9.17) is 4.74 Å². The fourth-order valence-corrected chi connectivity index (χ4v) is 1.80. The first-order valence-electron chi connectivity index (χ1n) is 6.01. The Kier molecular flexibility index (Phi) is 4.01. The maximum atomic E-state index is 5.37. The Hall–Kier alpha value is -0.980. The van der Waals surface area contributed by atoms with Gasteiger partial charge in [0, 0.05) is 0 Å². The molecule has 90 valence electrons. The zero-order valence-corrected chi connectivity index (χ0v) is 11.4. The van der Waals surface area contributed by atoms with Gasteiger partial charge in [0.1, 0.15) is 5.75 Å². The van der Waals surface area contributed by atoms with Crippen LogP contribution in [-0.2, 0) is 11.8 Å². The number of rotatable bonds is 3. The summed E-state index contributed by atoms with van der Waals surface area (Å²) in [4.78, 5) is 0. The monoisotopic (exact) mass is 220 g/mol. The van der Waals surface area contributed by atoms with Crippen LogP contribution in [0.3, 0.4) is 0 Å². The number of ether oxygens (including phenoxy) is 1. The molecule has 16 heavy (non-hydrogen) atoms. The highest BCUT2D eigenvalue weighted by molar-refractivity contribution is 5.37. The van der Waals surface area contributed by atoms with Crippen LogP contribution in [0, 0.1) is 5.92 Å². The van der Waals surface area contributed by atoms with Gasteiger partial charge in [-0.3, -0.25) is 0 Å². The highest BCUT2D eigenvalue weighted by atomic mass is 16.5. The third-order valence-corrected chi connectivity index (χ3v) is 2.71. The Bertz CT molecular complexity index is 345. The predicted molar refractivity (Wildman–Crippen MR) is 70.2 cm³/mol. The highest BCUT2D eigenvalue weighted by Gasteiger charge is 2.15. The molecule has 0 fully saturated rings. The summed E-state index contributed by atoms with van der Waals surface area (Å²) in [5.41, 5.74) is 2.90. The molecule has 0 spiro atoms. The maximum Gasteiger partial charge on any atom is 0.119 e. The van der Waals surface area contributed by atoms with Crippen molar-refractivity contribution in [1.29, 1.82) is 0 Å². The Labute approximate surface area is 99.8 Å². The SMILES string of the molecule is COc1cc(CC(C)C)cc(C(C)(C)C)c1. The first-order valence-corrected chi connectivity index (χ1v) is 6.01. The quantitative estimate of drug-likeness (QED) is 0.742. The third kappa shape index (κ3) is 3.55. The summed E-state index contributed by atoms with van der Waals surface area (Å²) < 4.78 is 5.37. The van der Waals surface area contributed by atoms with E-state index in [1.807, 2.05) is 0 Å². The topological polar surface area (TPSA) is 9.23 Å². The van der Waals surface area contributed by atoms with Crippen molar-refractivity contribution in [3.05, 3.63) is 29.3 Å². The van der Waals surface area contributed by atoms with Crippen molar-refractivity contribution in [3.8, 4) is 5.75 Å². The molecule has 0 aromatic heterocycles. The molecule has 1 heteroatoms. The Morgan fingerprint density at radius 1 is 1.12 bits per heavy atom. The van der Waals surface area contributed by atoms with Gasteiger partial charge in [-0.2, -0.15) is 0 Å². The highest BCUT2D eigenvalue weighted by Crippen LogP contribution is 2.28. The number of hydrogen-bond donors (Lipinski definition) is 0. The lowest BCUT2D eigenvalue weighted by Gasteiger charge is -2.21. The van der Waals surface area contributed by atoms with E-state index < -0.39 is 0 Å². The molecule has 0 saturated heterocycles. The van der Waals surface area contributed by atoms with Crippen LogP contribution < -0.4 is 4.74 Å². The fraction of sp³-hybridized carbons (Fsp3) is 0.600. The van der Waals surface area contributed by atoms with E-state index >= 15 is 0 Å². The molecule has 0 aliphatic heterocycles. The van der Waals surface area contributed by atoms with E-state index in [9.17, 15) is 0 Å². The second-order valence-electron chi connectivity index (χ2n) is 5.92. The first kappa shape index (κ1) is 13.1. The molecule has 0 amide bonds. The van der Waals surface area contributed by atoms with Crippen molar-refractivity contribution in [2.24, 2.45) is 5.92 Å². The van der Waals surface area contributed by atoms with Gasteiger partial charge in [-0.1, -0.05) is 40.7 Å². The largest absolute Gasteiger partial charge is 0.497 e. The zero-order chi connectivity index (χ0) is 12.3. The van der Waals surface area contributed by atoms with E-state index in [-0.39, 0.29) is 5.41 Å². The molecule has 1 aromatic carbocycles. The predicted octanol–water partition coefficient (Wildman–Crippen LogP) is 4.19. The minimum absolute atomic E-state index is 0.181. The van der Waals surface area contributed by atoms with Crippen LogP contribution in [0.1, 0.15) is 45.7 Å². The minimum atomic E-state index is 0.181. The van der Waals surface area contributed by atoms with E-state index in [1.54, 1.807) is 7.11 Å². The number of methoxy groups -OCH3 is 1. The van der Waals surface area contributed by atoms with Crippen molar-refractivity contribution in [1.82, 2.24) is 0 Å². The molecule has 0 aliphatic carbocycles. The molecule has 0 aliphatic rings. The van der Waals surface area contributed by atoms with Crippen molar-refractivity contribution >= 4 is 0 Å². The number of hydrogen-bond acceptors (Lipinski definition) is 1. The molecule has 0 heterocycles. The van der Waals surface area contributed by atoms with Gasteiger partial charge in [0.25, 0.3) is 0 Å². The van der Waals surface area contributed by atoms with Crippen molar-refractivity contribution < 1.29 is 4.74 Å². The van der Waals surface area contributed by atoms with E-state index in [0.717, 1.165) is 12.2 Å². The zero-order valence-electron chi connectivity index (χ0n) is 11.4. The van der Waals surface area contributed by atoms with Crippen LogP contribution in [0.2, 0.25) is 0 Å². The Morgan fingerprint density at radius 2 is 1.75 bits per heavy atom. The number of benzene rings is 1. The molecule has 0 saturated carbocycles. The Morgan fingerprint density at radius 3 is 2.19 bits per heavy atom. The summed E-state index contributed by atoms with van der Waals surface area (Å²) in [6, 6.07) is 6.60. The lowest BCUT2D eigenvalue weighted by molar-refractivity contribution is 0.411. The van der Waals surface area contributed by atoms with Crippen LogP contribution in [0.25, 0.3) is 0 Å². The van der Waals surface area contributed by atoms with E-state index in [0.29, 0.717) is 5.92 Å². The summed E-state index contributed by atoms with van der Waals surface area (Å²) in [6.45, 7) is 11.2. The second kappa shape index (κ2) is 4.90. The van der Waals surface area contributed by atoms with Crippen molar-refractivity contribution in [2.45, 2.75) is 46.5 Å². The minimum Gasteiger partial charge on any atom is -0.497 e. The average molecular weight is 220 g/mol. The molecule has 1 rings (SSSR count). The molecule has 0 atom stereocenters. The molecule has 0 radical (unpaired) electrons. The van der Waals surface area contributed by atoms with Crippen LogP contribution >= 0.6 is 0 Å². The Balaban J connectivity index is 3.11. The van der Waals surface area contributed by atoms with Gasteiger partial charge in [-0.15, -0.1) is 0 Å². The molecule has 0 unspecified atom stereocenters. The molecule has 1 aromatic rings. The summed E-state index contributed by atoms with van der Waals surface area (Å²) >= 11 is 0. The van der Waals surface area contributed by atoms with Gasteiger partial charge in [0.2, 0.25) is 0 Å². The van der Waals surface area contributed by atoms with Crippen molar-refractivity contribution in [2.75, 3.05) is 7.11 Å². The molecular weight excluding hydrogens is 196 g/mol. The summed E-state index contributed by atoms with van der Waals surface area (Å²) in [5, 5.41) is 0. The van der Waals surface area contributed by atoms with Gasteiger partial charge in [-0.05, 0) is 41.0 Å². The normalized spacial score (nSPS) is 11.9. The maximum absolute atomic E-state index is 5.37. The average Bonchev–Trinajstić information content (AvgIpc) is 2.14. The first-order chi connectivity index (χ1) is 7.32. The smallest absolute Gasteiger partial charge is 0.119 e. The van der Waals surface area contributed by atoms with Gasteiger partial charge in [0.05, 0.1) is 7.11 Å². The van der Waals surface area contributed by atoms with Crippen molar-refractivity contribution in [3.63, 3.8) is 0 Å². The molecular formula is C15H24O. The summed E-state index contributed by atoms with van der Waals surface area (Å²) in [6.07, 6.45) is 1.11. The van der Waals surface area contributed by atoms with Crippen LogP contribution in [0.4, 0.5) is 0 Å². The second-order valence-corrected chi connectivity index (χ2v) is 5.92. The lowest BCUT2D eigenvalue weighted by Crippen LogP contribution is -2.12. The molecule has 0 bridgehead atoms. The standard InChI is InChI=1S/C15H24O/c1-11(2)7-12-8-13(15(3,4)5)10-14(9-12)16-6/h8-11H,7H2,1-6H3. The molecule has 0 N–H and O–H groups in total. The van der Waals surface area contributed by atoms with Crippen LogP contribution in [0.5, 0.6) is 5.75 Å². The lowest BCUT2D eigenvalue weighted by atomic mass is 9.85. The van der Waals surface area contributed by atoms with E-state index in [1.165, 1.54) is 11.1 Å². The third-order valence-electron chi connectivity index (χ3n) is 2.71. The van der Waals surface area contributed by atoms with Crippen LogP contribution in [0.15, 0.2) is 18.2 Å². The fourth-order valence-electron chi connectivity index (χ4n) is 1.80. The van der Waals surface area contributed by atoms with Gasteiger partial charge >= 0.3 is 0 Å².